The van der Waals surface area contributed by atoms with E-state index in [1.54, 1.807) is 13.2 Å². The van der Waals surface area contributed by atoms with Gasteiger partial charge in [0.15, 0.2) is 0 Å². The van der Waals surface area contributed by atoms with Gasteiger partial charge >= 0.3 is 0 Å². The van der Waals surface area contributed by atoms with Crippen molar-refractivity contribution in [2.24, 2.45) is 13.0 Å². The minimum atomic E-state index is -0.236. The van der Waals surface area contributed by atoms with Gasteiger partial charge in [-0.05, 0) is 50.4 Å². The molecular weight excluding hydrogens is 384 g/mol. The second-order valence-electron chi connectivity index (χ2n) is 8.77. The number of aryl methyl sites for hydroxylation is 1. The lowest BCUT2D eigenvalue weighted by molar-refractivity contribution is -0.139. The molecule has 164 valence electrons. The first-order valence-electron chi connectivity index (χ1n) is 11.0. The predicted molar refractivity (Wildman–Crippen MR) is 112 cm³/mol. The summed E-state index contributed by atoms with van der Waals surface area (Å²) in [6.07, 6.45) is 4.79. The number of pyridine rings is 1. The lowest BCUT2D eigenvalue weighted by Crippen LogP contribution is -2.44. The average molecular weight is 417 g/mol. The molecule has 2 fully saturated rings. The minimum absolute atomic E-state index is 0.0167. The van der Waals surface area contributed by atoms with Crippen molar-refractivity contribution in [3.8, 4) is 0 Å². The van der Waals surface area contributed by atoms with E-state index in [1.807, 2.05) is 9.80 Å². The van der Waals surface area contributed by atoms with Crippen LogP contribution in [0.25, 0.3) is 0 Å². The van der Waals surface area contributed by atoms with Crippen molar-refractivity contribution in [3.63, 3.8) is 0 Å². The zero-order valence-corrected chi connectivity index (χ0v) is 18.1. The lowest BCUT2D eigenvalue weighted by atomic mass is 9.93. The summed E-state index contributed by atoms with van der Waals surface area (Å²) in [6.45, 7) is 5.37. The molecule has 8 nitrogen and oxygen atoms in total. The Morgan fingerprint density at radius 2 is 1.77 bits per heavy atom. The number of likely N-dealkylation sites (N-methyl/N-ethyl adjacent to an activating group) is 1. The standard InChI is InChI=1S/C22H32N4O4/c1-23-7-3-8-25(11-10-23)22(29)19-18-4-9-26(15-17(18)14-24(2)21(19)28)20(27)16-5-12-30-13-6-16/h14,16H,3-13,15H2,1-2H3. The Morgan fingerprint density at radius 1 is 1.00 bits per heavy atom. The summed E-state index contributed by atoms with van der Waals surface area (Å²) in [5.74, 6) is 0.0243. The molecule has 0 aromatic carbocycles. The van der Waals surface area contributed by atoms with Gasteiger partial charge in [0.05, 0.1) is 0 Å². The van der Waals surface area contributed by atoms with Crippen molar-refractivity contribution < 1.29 is 14.3 Å². The van der Waals surface area contributed by atoms with Crippen LogP contribution in [0.1, 0.15) is 40.7 Å². The highest BCUT2D eigenvalue weighted by Crippen LogP contribution is 2.25. The molecule has 0 radical (unpaired) electrons. The highest BCUT2D eigenvalue weighted by molar-refractivity contribution is 5.96. The van der Waals surface area contributed by atoms with Gasteiger partial charge in [-0.3, -0.25) is 14.4 Å². The summed E-state index contributed by atoms with van der Waals surface area (Å²) >= 11 is 0. The SMILES string of the molecule is CN1CCCN(C(=O)c2c3c(cn(C)c2=O)CN(C(=O)C2CCOCC2)CC3)CC1. The van der Waals surface area contributed by atoms with E-state index < -0.39 is 0 Å². The average Bonchev–Trinajstić information content (AvgIpc) is 2.98. The molecule has 8 heteroatoms. The molecule has 3 aliphatic heterocycles. The van der Waals surface area contributed by atoms with Gasteiger partial charge in [0, 0.05) is 65.1 Å². The van der Waals surface area contributed by atoms with Gasteiger partial charge in [0.25, 0.3) is 11.5 Å². The molecule has 0 N–H and O–H groups in total. The Kier molecular flexibility index (Phi) is 6.24. The van der Waals surface area contributed by atoms with Crippen LogP contribution in [0.4, 0.5) is 0 Å². The minimum Gasteiger partial charge on any atom is -0.381 e. The summed E-state index contributed by atoms with van der Waals surface area (Å²) in [5, 5.41) is 0. The zero-order chi connectivity index (χ0) is 21.3. The summed E-state index contributed by atoms with van der Waals surface area (Å²) in [5.41, 5.74) is 1.81. The zero-order valence-electron chi connectivity index (χ0n) is 18.1. The second-order valence-corrected chi connectivity index (χ2v) is 8.77. The van der Waals surface area contributed by atoms with Crippen LogP contribution in [0.3, 0.4) is 0 Å². The molecule has 4 rings (SSSR count). The van der Waals surface area contributed by atoms with Gasteiger partial charge in [0.1, 0.15) is 5.56 Å². The van der Waals surface area contributed by atoms with E-state index in [1.165, 1.54) is 4.57 Å². The van der Waals surface area contributed by atoms with Crippen LogP contribution in [-0.4, -0.2) is 84.1 Å². The van der Waals surface area contributed by atoms with E-state index in [0.717, 1.165) is 43.5 Å². The van der Waals surface area contributed by atoms with Crippen LogP contribution >= 0.6 is 0 Å². The monoisotopic (exact) mass is 416 g/mol. The van der Waals surface area contributed by atoms with Gasteiger partial charge in [-0.2, -0.15) is 0 Å². The maximum atomic E-state index is 13.4. The fraction of sp³-hybridized carbons (Fsp3) is 0.682. The topological polar surface area (TPSA) is 75.1 Å². The highest BCUT2D eigenvalue weighted by Gasteiger charge is 2.32. The van der Waals surface area contributed by atoms with Crippen LogP contribution in [0, 0.1) is 5.92 Å². The Balaban J connectivity index is 1.59. The molecule has 2 saturated heterocycles. The number of fused-ring (bicyclic) bond motifs is 1. The fourth-order valence-corrected chi connectivity index (χ4v) is 4.81. The van der Waals surface area contributed by atoms with Crippen molar-refractivity contribution in [1.82, 2.24) is 19.3 Å². The smallest absolute Gasteiger partial charge is 0.263 e. The molecule has 1 aromatic rings. The molecule has 1 aromatic heterocycles. The summed E-state index contributed by atoms with van der Waals surface area (Å²) in [4.78, 5) is 45.2. The van der Waals surface area contributed by atoms with E-state index >= 15 is 0 Å². The van der Waals surface area contributed by atoms with Crippen molar-refractivity contribution >= 4 is 11.8 Å². The van der Waals surface area contributed by atoms with Crippen molar-refractivity contribution in [2.45, 2.75) is 32.2 Å². The molecule has 0 bridgehead atoms. The van der Waals surface area contributed by atoms with Crippen LogP contribution in [0.15, 0.2) is 11.0 Å². The normalized spacial score (nSPS) is 21.3. The molecule has 3 aliphatic rings. The van der Waals surface area contributed by atoms with Crippen LogP contribution in [-0.2, 0) is 29.5 Å². The number of aromatic nitrogens is 1. The van der Waals surface area contributed by atoms with Crippen LogP contribution in [0.2, 0.25) is 0 Å². The summed E-state index contributed by atoms with van der Waals surface area (Å²) in [7, 11) is 3.75. The van der Waals surface area contributed by atoms with Crippen molar-refractivity contribution in [3.05, 3.63) is 33.2 Å². The number of nitrogens with zero attached hydrogens (tertiary/aromatic N) is 4. The van der Waals surface area contributed by atoms with E-state index in [0.29, 0.717) is 51.4 Å². The number of amides is 2. The summed E-state index contributed by atoms with van der Waals surface area (Å²) < 4.78 is 6.88. The molecule has 4 heterocycles. The molecule has 2 amide bonds. The highest BCUT2D eigenvalue weighted by atomic mass is 16.5. The van der Waals surface area contributed by atoms with Crippen molar-refractivity contribution in [1.29, 1.82) is 0 Å². The van der Waals surface area contributed by atoms with Gasteiger partial charge in [-0.15, -0.1) is 0 Å². The number of hydrogen-bond donors (Lipinski definition) is 0. The predicted octanol–water partition coefficient (Wildman–Crippen LogP) is 0.474. The maximum absolute atomic E-state index is 13.4. The number of carbonyl (C=O) groups is 2. The van der Waals surface area contributed by atoms with E-state index in [2.05, 4.69) is 11.9 Å². The van der Waals surface area contributed by atoms with Crippen LogP contribution in [0.5, 0.6) is 0 Å². The molecule has 0 saturated carbocycles. The largest absolute Gasteiger partial charge is 0.381 e. The lowest BCUT2D eigenvalue weighted by Gasteiger charge is -2.34. The first kappa shape index (κ1) is 21.1. The number of ether oxygens (including phenoxy) is 1. The van der Waals surface area contributed by atoms with E-state index in [-0.39, 0.29) is 23.3 Å². The molecule has 0 spiro atoms. The Hall–Kier alpha value is -2.19. The first-order valence-corrected chi connectivity index (χ1v) is 11.0. The molecule has 0 atom stereocenters. The van der Waals surface area contributed by atoms with Crippen LogP contribution < -0.4 is 5.56 Å². The van der Waals surface area contributed by atoms with Crippen molar-refractivity contribution in [2.75, 3.05) is 53.0 Å². The summed E-state index contributed by atoms with van der Waals surface area (Å²) in [6, 6.07) is 0. The maximum Gasteiger partial charge on any atom is 0.263 e. The number of hydrogen-bond acceptors (Lipinski definition) is 5. The third-order valence-corrected chi connectivity index (χ3v) is 6.67. The number of carbonyl (C=O) groups excluding carboxylic acids is 2. The van der Waals surface area contributed by atoms with Gasteiger partial charge < -0.3 is 24.0 Å². The van der Waals surface area contributed by atoms with Gasteiger partial charge in [0.2, 0.25) is 5.91 Å². The van der Waals surface area contributed by atoms with Gasteiger partial charge in [-0.25, -0.2) is 0 Å². The third-order valence-electron chi connectivity index (χ3n) is 6.67. The Labute approximate surface area is 177 Å². The van der Waals surface area contributed by atoms with E-state index in [4.69, 9.17) is 4.74 Å². The third kappa shape index (κ3) is 4.16. The number of rotatable bonds is 2. The molecule has 0 unspecified atom stereocenters. The van der Waals surface area contributed by atoms with E-state index in [9.17, 15) is 14.4 Å². The fourth-order valence-electron chi connectivity index (χ4n) is 4.81. The Bertz CT molecular complexity index is 875. The molecule has 0 aliphatic carbocycles. The van der Waals surface area contributed by atoms with Gasteiger partial charge in [-0.1, -0.05) is 0 Å². The molecule has 30 heavy (non-hydrogen) atoms. The quantitative estimate of drug-likeness (QED) is 0.701. The Morgan fingerprint density at radius 3 is 2.53 bits per heavy atom. The first-order chi connectivity index (χ1) is 14.5. The second kappa shape index (κ2) is 8.89. The molecular formula is C22H32N4O4.